The summed E-state index contributed by atoms with van der Waals surface area (Å²) >= 11 is 0. The van der Waals surface area contributed by atoms with E-state index < -0.39 is 0 Å². The predicted molar refractivity (Wildman–Crippen MR) is 103 cm³/mol. The third kappa shape index (κ3) is 4.47. The third-order valence-corrected chi connectivity index (χ3v) is 4.98. The SMILES string of the molecule is CCOC(=O)CC1CN(c2ccccc2)C(=O)C1=NN1CCCC1COC. The number of anilines is 1. The maximum absolute atomic E-state index is 13.1. The minimum Gasteiger partial charge on any atom is -0.466 e. The Morgan fingerprint density at radius 1 is 1.30 bits per heavy atom. The summed E-state index contributed by atoms with van der Waals surface area (Å²) in [6.45, 7) is 3.92. The first kappa shape index (κ1) is 19.4. The van der Waals surface area contributed by atoms with Gasteiger partial charge >= 0.3 is 5.97 Å². The van der Waals surface area contributed by atoms with E-state index in [2.05, 4.69) is 0 Å². The molecule has 1 amide bonds. The normalized spacial score (nSPS) is 24.1. The Labute approximate surface area is 159 Å². The number of amides is 1. The molecular weight excluding hydrogens is 346 g/mol. The van der Waals surface area contributed by atoms with E-state index in [0.29, 0.717) is 25.5 Å². The quantitative estimate of drug-likeness (QED) is 0.684. The predicted octanol–water partition coefficient (Wildman–Crippen LogP) is 2.07. The van der Waals surface area contributed by atoms with Crippen molar-refractivity contribution in [3.05, 3.63) is 30.3 Å². The molecule has 0 saturated carbocycles. The van der Waals surface area contributed by atoms with Gasteiger partial charge in [0.1, 0.15) is 5.71 Å². The molecule has 0 radical (unpaired) electrons. The Bertz CT molecular complexity index is 692. The molecule has 0 aromatic heterocycles. The number of hydrazone groups is 1. The number of benzene rings is 1. The highest BCUT2D eigenvalue weighted by Crippen LogP contribution is 2.27. The van der Waals surface area contributed by atoms with Crippen molar-refractivity contribution in [1.82, 2.24) is 5.01 Å². The summed E-state index contributed by atoms with van der Waals surface area (Å²) in [5.41, 5.74) is 1.26. The summed E-state index contributed by atoms with van der Waals surface area (Å²) in [6, 6.07) is 9.66. The molecule has 2 heterocycles. The summed E-state index contributed by atoms with van der Waals surface area (Å²) in [6.07, 6.45) is 2.16. The first-order valence-corrected chi connectivity index (χ1v) is 9.50. The summed E-state index contributed by atoms with van der Waals surface area (Å²) in [5, 5.41) is 6.65. The summed E-state index contributed by atoms with van der Waals surface area (Å²) < 4.78 is 10.4. The molecule has 2 aliphatic heterocycles. The van der Waals surface area contributed by atoms with E-state index in [0.717, 1.165) is 25.1 Å². The van der Waals surface area contributed by atoms with E-state index in [1.54, 1.807) is 18.9 Å². The molecule has 7 heteroatoms. The number of nitrogens with zero attached hydrogens (tertiary/aromatic N) is 3. The molecular formula is C20H27N3O4. The first-order valence-electron chi connectivity index (χ1n) is 9.50. The van der Waals surface area contributed by atoms with Gasteiger partial charge in [-0.2, -0.15) is 5.10 Å². The highest BCUT2D eigenvalue weighted by Gasteiger charge is 2.40. The average Bonchev–Trinajstić information content (AvgIpc) is 3.22. The zero-order valence-corrected chi connectivity index (χ0v) is 16.0. The summed E-state index contributed by atoms with van der Waals surface area (Å²) in [5.74, 6) is -0.716. The molecule has 2 aliphatic rings. The molecule has 146 valence electrons. The Morgan fingerprint density at radius 3 is 2.78 bits per heavy atom. The molecule has 7 nitrogen and oxygen atoms in total. The topological polar surface area (TPSA) is 71.4 Å². The van der Waals surface area contributed by atoms with Crippen LogP contribution < -0.4 is 4.90 Å². The van der Waals surface area contributed by atoms with E-state index in [1.807, 2.05) is 35.3 Å². The van der Waals surface area contributed by atoms with Crippen molar-refractivity contribution in [3.63, 3.8) is 0 Å². The number of methoxy groups -OCH3 is 1. The monoisotopic (exact) mass is 373 g/mol. The lowest BCUT2D eigenvalue weighted by molar-refractivity contribution is -0.143. The highest BCUT2D eigenvalue weighted by molar-refractivity contribution is 6.47. The molecule has 0 N–H and O–H groups in total. The average molecular weight is 373 g/mol. The highest BCUT2D eigenvalue weighted by atomic mass is 16.5. The van der Waals surface area contributed by atoms with Gasteiger partial charge in [-0.3, -0.25) is 14.6 Å². The van der Waals surface area contributed by atoms with Gasteiger partial charge in [0.25, 0.3) is 5.91 Å². The van der Waals surface area contributed by atoms with E-state index in [9.17, 15) is 9.59 Å². The maximum Gasteiger partial charge on any atom is 0.306 e. The van der Waals surface area contributed by atoms with Crippen LogP contribution in [0.25, 0.3) is 0 Å². The van der Waals surface area contributed by atoms with Gasteiger partial charge in [-0.05, 0) is 31.9 Å². The second kappa shape index (κ2) is 8.99. The van der Waals surface area contributed by atoms with Crippen LogP contribution in [-0.2, 0) is 19.1 Å². The molecule has 3 rings (SSSR count). The molecule has 0 spiro atoms. The molecule has 2 unspecified atom stereocenters. The van der Waals surface area contributed by atoms with Gasteiger partial charge < -0.3 is 14.4 Å². The van der Waals surface area contributed by atoms with Crippen LogP contribution in [0.5, 0.6) is 0 Å². The lowest BCUT2D eigenvalue weighted by atomic mass is 10.0. The fourth-order valence-electron chi connectivity index (χ4n) is 3.69. The second-order valence-corrected chi connectivity index (χ2v) is 6.86. The van der Waals surface area contributed by atoms with Crippen molar-refractivity contribution in [1.29, 1.82) is 0 Å². The Hall–Kier alpha value is -2.41. The van der Waals surface area contributed by atoms with Crippen LogP contribution in [0.4, 0.5) is 5.69 Å². The number of para-hydroxylation sites is 1. The van der Waals surface area contributed by atoms with Crippen molar-refractivity contribution in [2.75, 3.05) is 38.3 Å². The van der Waals surface area contributed by atoms with Crippen LogP contribution in [0.2, 0.25) is 0 Å². The van der Waals surface area contributed by atoms with Crippen molar-refractivity contribution in [3.8, 4) is 0 Å². The molecule has 0 bridgehead atoms. The number of carbonyl (C=O) groups is 2. The van der Waals surface area contributed by atoms with Crippen molar-refractivity contribution >= 4 is 23.3 Å². The zero-order chi connectivity index (χ0) is 19.2. The van der Waals surface area contributed by atoms with E-state index in [-0.39, 0.29) is 30.3 Å². The van der Waals surface area contributed by atoms with Gasteiger partial charge in [-0.25, -0.2) is 0 Å². The van der Waals surface area contributed by atoms with Gasteiger partial charge in [0.15, 0.2) is 0 Å². The molecule has 1 aromatic rings. The number of rotatable bonds is 7. The van der Waals surface area contributed by atoms with Crippen LogP contribution in [0, 0.1) is 5.92 Å². The largest absolute Gasteiger partial charge is 0.466 e. The minimum absolute atomic E-state index is 0.140. The van der Waals surface area contributed by atoms with Gasteiger partial charge in [0, 0.05) is 31.8 Å². The van der Waals surface area contributed by atoms with Gasteiger partial charge in [0.05, 0.1) is 25.7 Å². The molecule has 2 saturated heterocycles. The number of hydrogen-bond acceptors (Lipinski definition) is 6. The summed E-state index contributed by atoms with van der Waals surface area (Å²) in [7, 11) is 1.67. The van der Waals surface area contributed by atoms with E-state index in [4.69, 9.17) is 14.6 Å². The van der Waals surface area contributed by atoms with Crippen LogP contribution in [0.3, 0.4) is 0 Å². The Morgan fingerprint density at radius 2 is 2.07 bits per heavy atom. The lowest BCUT2D eigenvalue weighted by Crippen LogP contribution is -2.33. The van der Waals surface area contributed by atoms with Crippen LogP contribution in [0.1, 0.15) is 26.2 Å². The van der Waals surface area contributed by atoms with Gasteiger partial charge in [-0.1, -0.05) is 18.2 Å². The standard InChI is InChI=1S/C20H27N3O4/c1-3-27-18(24)12-15-13-22(16-8-5-4-6-9-16)20(25)19(15)21-23-11-7-10-17(23)14-26-2/h4-6,8-9,15,17H,3,7,10-14H2,1-2H3. The Balaban J connectivity index is 1.85. The summed E-state index contributed by atoms with van der Waals surface area (Å²) in [4.78, 5) is 26.8. The molecule has 1 aromatic carbocycles. The maximum atomic E-state index is 13.1. The van der Waals surface area contributed by atoms with Crippen LogP contribution in [0.15, 0.2) is 35.4 Å². The fourth-order valence-corrected chi connectivity index (χ4v) is 3.69. The Kier molecular flexibility index (Phi) is 6.45. The van der Waals surface area contributed by atoms with Gasteiger partial charge in [-0.15, -0.1) is 0 Å². The smallest absolute Gasteiger partial charge is 0.306 e. The van der Waals surface area contributed by atoms with Gasteiger partial charge in [0.2, 0.25) is 0 Å². The van der Waals surface area contributed by atoms with Crippen molar-refractivity contribution < 1.29 is 19.1 Å². The molecule has 0 aliphatic carbocycles. The molecule has 2 fully saturated rings. The molecule has 27 heavy (non-hydrogen) atoms. The fraction of sp³-hybridized carbons (Fsp3) is 0.550. The minimum atomic E-state index is -0.298. The number of ether oxygens (including phenoxy) is 2. The third-order valence-electron chi connectivity index (χ3n) is 4.98. The van der Waals surface area contributed by atoms with Crippen molar-refractivity contribution in [2.24, 2.45) is 11.0 Å². The van der Waals surface area contributed by atoms with Crippen LogP contribution >= 0.6 is 0 Å². The lowest BCUT2D eigenvalue weighted by Gasteiger charge is -2.22. The number of hydrogen-bond donors (Lipinski definition) is 0. The number of esters is 1. The van der Waals surface area contributed by atoms with Crippen molar-refractivity contribution in [2.45, 2.75) is 32.2 Å². The second-order valence-electron chi connectivity index (χ2n) is 6.86. The van der Waals surface area contributed by atoms with E-state index in [1.165, 1.54) is 0 Å². The number of carbonyl (C=O) groups excluding carboxylic acids is 2. The van der Waals surface area contributed by atoms with Crippen LogP contribution in [-0.4, -0.2) is 62.1 Å². The van der Waals surface area contributed by atoms with E-state index >= 15 is 0 Å². The molecule has 2 atom stereocenters. The zero-order valence-electron chi connectivity index (χ0n) is 16.0. The first-order chi connectivity index (χ1) is 13.1.